The molecule has 124 valence electrons. The maximum atomic E-state index is 13.6. The third kappa shape index (κ3) is 3.90. The molecule has 0 radical (unpaired) electrons. The number of benzene rings is 2. The highest BCUT2D eigenvalue weighted by Gasteiger charge is 2.13. The van der Waals surface area contributed by atoms with Crippen LogP contribution in [0, 0.1) is 11.6 Å². The molecular weight excluding hydrogens is 304 g/mol. The Bertz CT molecular complexity index is 632. The van der Waals surface area contributed by atoms with Crippen molar-refractivity contribution in [3.05, 3.63) is 53.1 Å². The molecule has 0 aromatic heterocycles. The predicted molar refractivity (Wildman–Crippen MR) is 83.0 cm³/mol. The lowest BCUT2D eigenvalue weighted by Crippen LogP contribution is -2.15. The van der Waals surface area contributed by atoms with Crippen LogP contribution in [0.3, 0.4) is 0 Å². The number of hydrogen-bond donors (Lipinski definition) is 1. The average molecular weight is 323 g/mol. The Morgan fingerprint density at radius 1 is 0.870 bits per heavy atom. The van der Waals surface area contributed by atoms with E-state index in [4.69, 9.17) is 14.2 Å². The van der Waals surface area contributed by atoms with Gasteiger partial charge in [0.25, 0.3) is 0 Å². The van der Waals surface area contributed by atoms with E-state index in [1.807, 2.05) is 0 Å². The smallest absolute Gasteiger partial charge is 0.203 e. The molecule has 0 atom stereocenters. The molecule has 0 aliphatic heterocycles. The van der Waals surface area contributed by atoms with E-state index in [0.717, 1.165) is 5.56 Å². The van der Waals surface area contributed by atoms with Gasteiger partial charge in [-0.25, -0.2) is 8.78 Å². The quantitative estimate of drug-likeness (QED) is 0.849. The molecule has 0 spiro atoms. The van der Waals surface area contributed by atoms with Gasteiger partial charge in [0.15, 0.2) is 11.5 Å². The molecule has 0 aliphatic carbocycles. The van der Waals surface area contributed by atoms with Crippen molar-refractivity contribution in [1.29, 1.82) is 0 Å². The molecular formula is C17H19F2NO3. The summed E-state index contributed by atoms with van der Waals surface area (Å²) in [6.07, 6.45) is 0. The van der Waals surface area contributed by atoms with Crippen LogP contribution in [0.5, 0.6) is 17.2 Å². The summed E-state index contributed by atoms with van der Waals surface area (Å²) in [6.45, 7) is 0.472. The van der Waals surface area contributed by atoms with E-state index in [2.05, 4.69) is 5.32 Å². The van der Waals surface area contributed by atoms with E-state index in [-0.39, 0.29) is 12.1 Å². The van der Waals surface area contributed by atoms with Gasteiger partial charge in [0.1, 0.15) is 11.6 Å². The molecule has 0 saturated carbocycles. The van der Waals surface area contributed by atoms with Crippen LogP contribution in [0.2, 0.25) is 0 Å². The SMILES string of the molecule is COc1cc(CNCc2c(F)cccc2F)cc(OC)c1OC. The van der Waals surface area contributed by atoms with E-state index < -0.39 is 11.6 Å². The zero-order valence-electron chi connectivity index (χ0n) is 13.3. The Morgan fingerprint density at radius 3 is 1.91 bits per heavy atom. The van der Waals surface area contributed by atoms with Gasteiger partial charge >= 0.3 is 0 Å². The molecule has 0 saturated heterocycles. The van der Waals surface area contributed by atoms with Crippen LogP contribution < -0.4 is 19.5 Å². The summed E-state index contributed by atoms with van der Waals surface area (Å²) in [6, 6.07) is 7.38. The summed E-state index contributed by atoms with van der Waals surface area (Å²) in [5.41, 5.74) is 0.858. The molecule has 2 rings (SSSR count). The van der Waals surface area contributed by atoms with Crippen LogP contribution in [0.4, 0.5) is 8.78 Å². The van der Waals surface area contributed by atoms with Crippen molar-refractivity contribution in [3.8, 4) is 17.2 Å². The molecule has 0 amide bonds. The van der Waals surface area contributed by atoms with Crippen LogP contribution in [0.25, 0.3) is 0 Å². The van der Waals surface area contributed by atoms with Gasteiger partial charge in [-0.2, -0.15) is 0 Å². The van der Waals surface area contributed by atoms with Crippen LogP contribution in [0.15, 0.2) is 30.3 Å². The zero-order chi connectivity index (χ0) is 16.8. The minimum atomic E-state index is -0.567. The molecule has 6 heteroatoms. The highest BCUT2D eigenvalue weighted by Crippen LogP contribution is 2.38. The highest BCUT2D eigenvalue weighted by molar-refractivity contribution is 5.53. The molecule has 0 unspecified atom stereocenters. The lowest BCUT2D eigenvalue weighted by Gasteiger charge is -2.14. The summed E-state index contributed by atoms with van der Waals surface area (Å²) < 4.78 is 42.9. The molecule has 0 bridgehead atoms. The van der Waals surface area contributed by atoms with Crippen molar-refractivity contribution in [2.24, 2.45) is 0 Å². The maximum Gasteiger partial charge on any atom is 0.203 e. The van der Waals surface area contributed by atoms with Crippen LogP contribution in [0.1, 0.15) is 11.1 Å². The fourth-order valence-electron chi connectivity index (χ4n) is 2.27. The number of rotatable bonds is 7. The Morgan fingerprint density at radius 2 is 1.43 bits per heavy atom. The Hall–Kier alpha value is -2.34. The first-order valence-electron chi connectivity index (χ1n) is 7.03. The van der Waals surface area contributed by atoms with E-state index >= 15 is 0 Å². The monoisotopic (exact) mass is 323 g/mol. The summed E-state index contributed by atoms with van der Waals surface area (Å²) >= 11 is 0. The molecule has 23 heavy (non-hydrogen) atoms. The maximum absolute atomic E-state index is 13.6. The molecule has 2 aromatic carbocycles. The first-order valence-corrected chi connectivity index (χ1v) is 7.03. The van der Waals surface area contributed by atoms with Crippen molar-refractivity contribution >= 4 is 0 Å². The molecule has 0 heterocycles. The van der Waals surface area contributed by atoms with Gasteiger partial charge in [-0.1, -0.05) is 6.07 Å². The van der Waals surface area contributed by atoms with Gasteiger partial charge in [-0.05, 0) is 29.8 Å². The van der Waals surface area contributed by atoms with Gasteiger partial charge in [-0.3, -0.25) is 0 Å². The third-order valence-electron chi connectivity index (χ3n) is 3.42. The molecule has 4 nitrogen and oxygen atoms in total. The minimum Gasteiger partial charge on any atom is -0.493 e. The lowest BCUT2D eigenvalue weighted by molar-refractivity contribution is 0.323. The molecule has 2 aromatic rings. The van der Waals surface area contributed by atoms with Crippen molar-refractivity contribution in [1.82, 2.24) is 5.32 Å². The molecule has 0 aliphatic rings. The first kappa shape index (κ1) is 17.0. The Balaban J connectivity index is 2.12. The summed E-state index contributed by atoms with van der Waals surface area (Å²) in [5, 5.41) is 3.01. The van der Waals surface area contributed by atoms with Crippen molar-refractivity contribution in [2.75, 3.05) is 21.3 Å². The third-order valence-corrected chi connectivity index (χ3v) is 3.42. The summed E-state index contributed by atoms with van der Waals surface area (Å²) in [5.74, 6) is 0.421. The van der Waals surface area contributed by atoms with E-state index in [0.29, 0.717) is 23.8 Å². The summed E-state index contributed by atoms with van der Waals surface area (Å²) in [4.78, 5) is 0. The van der Waals surface area contributed by atoms with E-state index in [1.54, 1.807) is 12.1 Å². The van der Waals surface area contributed by atoms with Gasteiger partial charge in [0.2, 0.25) is 5.75 Å². The Kier molecular flexibility index (Phi) is 5.76. The minimum absolute atomic E-state index is 0.0138. The second kappa shape index (κ2) is 7.78. The van der Waals surface area contributed by atoms with Gasteiger partial charge in [-0.15, -0.1) is 0 Å². The van der Waals surface area contributed by atoms with Gasteiger partial charge in [0, 0.05) is 18.7 Å². The van der Waals surface area contributed by atoms with Crippen molar-refractivity contribution in [3.63, 3.8) is 0 Å². The normalized spacial score (nSPS) is 10.5. The topological polar surface area (TPSA) is 39.7 Å². The predicted octanol–water partition coefficient (Wildman–Crippen LogP) is 3.28. The zero-order valence-corrected chi connectivity index (χ0v) is 13.3. The van der Waals surface area contributed by atoms with E-state index in [9.17, 15) is 8.78 Å². The fraction of sp³-hybridized carbons (Fsp3) is 0.294. The fourth-order valence-corrected chi connectivity index (χ4v) is 2.27. The number of halogens is 2. The van der Waals surface area contributed by atoms with E-state index in [1.165, 1.54) is 39.5 Å². The number of nitrogens with one attached hydrogen (secondary N) is 1. The number of methoxy groups -OCH3 is 3. The van der Waals surface area contributed by atoms with Crippen LogP contribution >= 0.6 is 0 Å². The highest BCUT2D eigenvalue weighted by atomic mass is 19.1. The standard InChI is InChI=1S/C17H19F2NO3/c1-21-15-7-11(8-16(22-2)17(15)23-3)9-20-10-12-13(18)5-4-6-14(12)19/h4-8,20H,9-10H2,1-3H3. The van der Waals surface area contributed by atoms with Crippen molar-refractivity contribution < 1.29 is 23.0 Å². The second-order valence-electron chi connectivity index (χ2n) is 4.84. The lowest BCUT2D eigenvalue weighted by atomic mass is 10.1. The van der Waals surface area contributed by atoms with Crippen LogP contribution in [-0.4, -0.2) is 21.3 Å². The van der Waals surface area contributed by atoms with Gasteiger partial charge < -0.3 is 19.5 Å². The van der Waals surface area contributed by atoms with Crippen LogP contribution in [-0.2, 0) is 13.1 Å². The number of hydrogen-bond acceptors (Lipinski definition) is 4. The molecule has 1 N–H and O–H groups in total. The Labute approximate surface area is 134 Å². The summed E-state index contributed by atoms with van der Waals surface area (Å²) in [7, 11) is 4.59. The second-order valence-corrected chi connectivity index (χ2v) is 4.84. The largest absolute Gasteiger partial charge is 0.493 e. The van der Waals surface area contributed by atoms with Crippen molar-refractivity contribution in [2.45, 2.75) is 13.1 Å². The average Bonchev–Trinajstić information content (AvgIpc) is 2.56. The number of ether oxygens (including phenoxy) is 3. The molecule has 0 fully saturated rings. The van der Waals surface area contributed by atoms with Gasteiger partial charge in [0.05, 0.1) is 21.3 Å². The first-order chi connectivity index (χ1) is 11.1.